The SMILES string of the molecule is Nc1ccccc1OCC(=O)NCCC1CCCO1. The lowest BCUT2D eigenvalue weighted by Gasteiger charge is -2.11. The molecule has 19 heavy (non-hydrogen) atoms. The molecule has 104 valence electrons. The van der Waals surface area contributed by atoms with E-state index in [0.29, 0.717) is 24.1 Å². The van der Waals surface area contributed by atoms with Gasteiger partial charge in [-0.3, -0.25) is 4.79 Å². The van der Waals surface area contributed by atoms with E-state index in [1.54, 1.807) is 12.1 Å². The van der Waals surface area contributed by atoms with Crippen LogP contribution in [0.5, 0.6) is 5.75 Å². The molecule has 1 heterocycles. The van der Waals surface area contributed by atoms with Crippen molar-refractivity contribution >= 4 is 11.6 Å². The number of para-hydroxylation sites is 2. The zero-order valence-electron chi connectivity index (χ0n) is 10.9. The first-order chi connectivity index (χ1) is 9.25. The van der Waals surface area contributed by atoms with Crippen molar-refractivity contribution in [3.8, 4) is 5.75 Å². The number of nitrogen functional groups attached to an aromatic ring is 1. The van der Waals surface area contributed by atoms with Crippen molar-refractivity contribution in [2.75, 3.05) is 25.5 Å². The normalized spacial score (nSPS) is 18.2. The number of carbonyl (C=O) groups is 1. The Balaban J connectivity index is 1.63. The smallest absolute Gasteiger partial charge is 0.257 e. The van der Waals surface area contributed by atoms with Gasteiger partial charge in [-0.05, 0) is 31.4 Å². The number of amides is 1. The Bertz CT molecular complexity index is 417. The van der Waals surface area contributed by atoms with Gasteiger partial charge < -0.3 is 20.5 Å². The predicted molar refractivity (Wildman–Crippen MR) is 73.0 cm³/mol. The molecule has 1 aliphatic heterocycles. The Morgan fingerprint density at radius 1 is 1.47 bits per heavy atom. The number of nitrogens with one attached hydrogen (secondary N) is 1. The molecule has 1 saturated heterocycles. The van der Waals surface area contributed by atoms with Gasteiger partial charge in [0.25, 0.3) is 5.91 Å². The minimum Gasteiger partial charge on any atom is -0.482 e. The zero-order chi connectivity index (χ0) is 13.5. The number of hydrogen-bond donors (Lipinski definition) is 2. The first kappa shape index (κ1) is 13.7. The van der Waals surface area contributed by atoms with Crippen LogP contribution >= 0.6 is 0 Å². The van der Waals surface area contributed by atoms with Crippen LogP contribution in [0.3, 0.4) is 0 Å². The monoisotopic (exact) mass is 264 g/mol. The number of rotatable bonds is 6. The van der Waals surface area contributed by atoms with Crippen molar-refractivity contribution < 1.29 is 14.3 Å². The highest BCUT2D eigenvalue weighted by atomic mass is 16.5. The van der Waals surface area contributed by atoms with Crippen molar-refractivity contribution in [1.29, 1.82) is 0 Å². The molecule has 5 heteroatoms. The van der Waals surface area contributed by atoms with Crippen LogP contribution in [0.4, 0.5) is 5.69 Å². The summed E-state index contributed by atoms with van der Waals surface area (Å²) >= 11 is 0. The molecule has 0 saturated carbocycles. The quantitative estimate of drug-likeness (QED) is 0.760. The van der Waals surface area contributed by atoms with E-state index in [1.807, 2.05) is 12.1 Å². The summed E-state index contributed by atoms with van der Waals surface area (Å²) < 4.78 is 10.8. The Kier molecular flexibility index (Phi) is 5.03. The number of hydrogen-bond acceptors (Lipinski definition) is 4. The van der Waals surface area contributed by atoms with E-state index < -0.39 is 0 Å². The lowest BCUT2D eigenvalue weighted by atomic mass is 10.2. The molecule has 2 rings (SSSR count). The summed E-state index contributed by atoms with van der Waals surface area (Å²) in [6.07, 6.45) is 3.37. The van der Waals surface area contributed by atoms with Gasteiger partial charge in [-0.15, -0.1) is 0 Å². The lowest BCUT2D eigenvalue weighted by molar-refractivity contribution is -0.123. The summed E-state index contributed by atoms with van der Waals surface area (Å²) in [5, 5.41) is 2.81. The summed E-state index contributed by atoms with van der Waals surface area (Å²) in [5.74, 6) is 0.401. The van der Waals surface area contributed by atoms with Crippen LogP contribution in [0.2, 0.25) is 0 Å². The van der Waals surface area contributed by atoms with Crippen molar-refractivity contribution in [3.63, 3.8) is 0 Å². The summed E-state index contributed by atoms with van der Waals surface area (Å²) in [4.78, 5) is 11.6. The maximum absolute atomic E-state index is 11.6. The molecule has 1 aromatic rings. The minimum absolute atomic E-state index is 0.0141. The van der Waals surface area contributed by atoms with Gasteiger partial charge in [0.1, 0.15) is 5.75 Å². The topological polar surface area (TPSA) is 73.6 Å². The summed E-state index contributed by atoms with van der Waals surface area (Å²) in [6.45, 7) is 1.45. The maximum Gasteiger partial charge on any atom is 0.257 e. The third-order valence-electron chi connectivity index (χ3n) is 3.09. The number of anilines is 1. The highest BCUT2D eigenvalue weighted by Gasteiger charge is 2.15. The molecule has 0 aromatic heterocycles. The maximum atomic E-state index is 11.6. The molecular weight excluding hydrogens is 244 g/mol. The predicted octanol–water partition coefficient (Wildman–Crippen LogP) is 1.33. The van der Waals surface area contributed by atoms with Crippen LogP contribution in [0.1, 0.15) is 19.3 Å². The van der Waals surface area contributed by atoms with Gasteiger partial charge in [0.15, 0.2) is 6.61 Å². The van der Waals surface area contributed by atoms with Crippen LogP contribution in [0.25, 0.3) is 0 Å². The fraction of sp³-hybridized carbons (Fsp3) is 0.500. The molecule has 1 atom stereocenters. The van der Waals surface area contributed by atoms with Gasteiger partial charge in [0, 0.05) is 13.2 Å². The van der Waals surface area contributed by atoms with Gasteiger partial charge >= 0.3 is 0 Å². The second kappa shape index (κ2) is 6.99. The Hall–Kier alpha value is -1.75. The highest BCUT2D eigenvalue weighted by Crippen LogP contribution is 2.19. The van der Waals surface area contributed by atoms with E-state index in [4.69, 9.17) is 15.2 Å². The molecular formula is C14H20N2O3. The van der Waals surface area contributed by atoms with E-state index >= 15 is 0 Å². The van der Waals surface area contributed by atoms with Gasteiger partial charge in [-0.25, -0.2) is 0 Å². The molecule has 0 radical (unpaired) electrons. The second-order valence-electron chi connectivity index (χ2n) is 4.60. The molecule has 1 aromatic carbocycles. The first-order valence-electron chi connectivity index (χ1n) is 6.61. The first-order valence-corrected chi connectivity index (χ1v) is 6.61. The highest BCUT2D eigenvalue weighted by molar-refractivity contribution is 5.77. The van der Waals surface area contributed by atoms with E-state index in [0.717, 1.165) is 25.9 Å². The average Bonchev–Trinajstić information content (AvgIpc) is 2.91. The third-order valence-corrected chi connectivity index (χ3v) is 3.09. The molecule has 1 aliphatic rings. The van der Waals surface area contributed by atoms with E-state index in [2.05, 4.69) is 5.32 Å². The van der Waals surface area contributed by atoms with Crippen LogP contribution in [0.15, 0.2) is 24.3 Å². The minimum atomic E-state index is -0.138. The van der Waals surface area contributed by atoms with Crippen LogP contribution in [-0.4, -0.2) is 31.8 Å². The van der Waals surface area contributed by atoms with Crippen molar-refractivity contribution in [3.05, 3.63) is 24.3 Å². The number of benzene rings is 1. The molecule has 3 N–H and O–H groups in total. The summed E-state index contributed by atoms with van der Waals surface area (Å²) in [5.41, 5.74) is 6.25. The van der Waals surface area contributed by atoms with Gasteiger partial charge in [0.05, 0.1) is 11.8 Å². The number of carbonyl (C=O) groups excluding carboxylic acids is 1. The zero-order valence-corrected chi connectivity index (χ0v) is 10.9. The Labute approximate surface area is 113 Å². The van der Waals surface area contributed by atoms with Gasteiger partial charge in [-0.1, -0.05) is 12.1 Å². The van der Waals surface area contributed by atoms with E-state index in [9.17, 15) is 4.79 Å². The second-order valence-corrected chi connectivity index (χ2v) is 4.60. The average molecular weight is 264 g/mol. The Morgan fingerprint density at radius 3 is 3.05 bits per heavy atom. The molecule has 1 unspecified atom stereocenters. The lowest BCUT2D eigenvalue weighted by Crippen LogP contribution is -2.31. The fourth-order valence-electron chi connectivity index (χ4n) is 2.05. The third kappa shape index (κ3) is 4.44. The number of ether oxygens (including phenoxy) is 2. The molecule has 1 fully saturated rings. The summed E-state index contributed by atoms with van der Waals surface area (Å²) in [6, 6.07) is 7.13. The number of nitrogens with two attached hydrogens (primary N) is 1. The standard InChI is InChI=1S/C14H20N2O3/c15-12-5-1-2-6-13(12)19-10-14(17)16-8-7-11-4-3-9-18-11/h1-2,5-6,11H,3-4,7-10,15H2,(H,16,17). The van der Waals surface area contributed by atoms with Crippen molar-refractivity contribution in [2.24, 2.45) is 0 Å². The largest absolute Gasteiger partial charge is 0.482 e. The van der Waals surface area contributed by atoms with Gasteiger partial charge in [-0.2, -0.15) is 0 Å². The van der Waals surface area contributed by atoms with E-state index in [-0.39, 0.29) is 12.5 Å². The van der Waals surface area contributed by atoms with Crippen LogP contribution < -0.4 is 15.8 Å². The summed E-state index contributed by atoms with van der Waals surface area (Å²) in [7, 11) is 0. The molecule has 1 amide bonds. The molecule has 0 aliphatic carbocycles. The Morgan fingerprint density at radius 2 is 2.32 bits per heavy atom. The molecule has 0 bridgehead atoms. The van der Waals surface area contributed by atoms with E-state index in [1.165, 1.54) is 0 Å². The molecule has 0 spiro atoms. The molecule has 5 nitrogen and oxygen atoms in total. The van der Waals surface area contributed by atoms with Crippen LogP contribution in [-0.2, 0) is 9.53 Å². The van der Waals surface area contributed by atoms with Crippen LogP contribution in [0, 0.1) is 0 Å². The fourth-order valence-corrected chi connectivity index (χ4v) is 2.05. The van der Waals surface area contributed by atoms with Crippen molar-refractivity contribution in [2.45, 2.75) is 25.4 Å². The van der Waals surface area contributed by atoms with Crippen molar-refractivity contribution in [1.82, 2.24) is 5.32 Å². The van der Waals surface area contributed by atoms with Gasteiger partial charge in [0.2, 0.25) is 0 Å².